The molecule has 3 amide bonds. The van der Waals surface area contributed by atoms with E-state index in [9.17, 15) is 14.4 Å². The predicted molar refractivity (Wildman–Crippen MR) is 149 cm³/mol. The first-order chi connectivity index (χ1) is 18.3. The van der Waals surface area contributed by atoms with Crippen LogP contribution in [-0.2, 0) is 9.59 Å². The van der Waals surface area contributed by atoms with Gasteiger partial charge in [-0.25, -0.2) is 4.79 Å². The fourth-order valence-corrected chi connectivity index (χ4v) is 10.4. The maximum Gasteiger partial charge on any atom is 0.324 e. The van der Waals surface area contributed by atoms with Gasteiger partial charge in [0.15, 0.2) is 5.78 Å². The highest BCUT2D eigenvalue weighted by Crippen LogP contribution is 2.66. The van der Waals surface area contributed by atoms with Gasteiger partial charge in [-0.05, 0) is 105 Å². The molecule has 0 aliphatic heterocycles. The molecule has 5 fully saturated rings. The second-order valence-corrected chi connectivity index (χ2v) is 14.4. The van der Waals surface area contributed by atoms with Crippen molar-refractivity contribution in [2.45, 2.75) is 142 Å². The third-order valence-corrected chi connectivity index (χ3v) is 12.6. The number of amides is 3. The van der Waals surface area contributed by atoms with Crippen molar-refractivity contribution in [1.82, 2.24) is 10.2 Å². The van der Waals surface area contributed by atoms with Crippen LogP contribution in [0.3, 0.4) is 0 Å². The summed E-state index contributed by atoms with van der Waals surface area (Å²) >= 11 is 0. The zero-order valence-electron chi connectivity index (χ0n) is 23.9. The van der Waals surface area contributed by atoms with Crippen molar-refractivity contribution < 1.29 is 14.4 Å². The van der Waals surface area contributed by atoms with E-state index in [1.165, 1.54) is 31.3 Å². The van der Waals surface area contributed by atoms with Crippen molar-refractivity contribution in [2.24, 2.45) is 34.5 Å². The number of rotatable bonds is 3. The summed E-state index contributed by atoms with van der Waals surface area (Å²) in [4.78, 5) is 42.2. The van der Waals surface area contributed by atoms with Crippen molar-refractivity contribution in [2.75, 3.05) is 0 Å². The van der Waals surface area contributed by atoms with E-state index < -0.39 is 0 Å². The molecule has 6 aliphatic carbocycles. The van der Waals surface area contributed by atoms with Gasteiger partial charge in [0.05, 0.1) is 0 Å². The van der Waals surface area contributed by atoms with Gasteiger partial charge in [-0.15, -0.1) is 0 Å². The average Bonchev–Trinajstić information content (AvgIpc) is 3.27. The number of fused-ring (bicyclic) bond motifs is 5. The lowest BCUT2D eigenvalue weighted by Crippen LogP contribution is -2.57. The summed E-state index contributed by atoms with van der Waals surface area (Å²) in [5.41, 5.74) is 1.55. The minimum absolute atomic E-state index is 0.0155. The van der Waals surface area contributed by atoms with Crippen LogP contribution in [0.25, 0.3) is 0 Å². The number of imide groups is 1. The molecular formula is C33H50N2O3. The Morgan fingerprint density at radius 3 is 2.26 bits per heavy atom. The second-order valence-electron chi connectivity index (χ2n) is 14.4. The molecule has 6 atom stereocenters. The van der Waals surface area contributed by atoms with Gasteiger partial charge in [0.1, 0.15) is 0 Å². The lowest BCUT2D eigenvalue weighted by molar-refractivity contribution is -0.142. The number of nitrogens with one attached hydrogen (secondary N) is 1. The molecular weight excluding hydrogens is 472 g/mol. The number of nitrogens with zero attached hydrogens (tertiary/aromatic N) is 1. The number of allylic oxidation sites excluding steroid dienone is 1. The largest absolute Gasteiger partial charge is 0.335 e. The molecule has 5 nitrogen and oxygen atoms in total. The molecule has 1 N–H and O–H groups in total. The van der Waals surface area contributed by atoms with E-state index in [2.05, 4.69) is 19.2 Å². The van der Waals surface area contributed by atoms with Crippen LogP contribution in [0.15, 0.2) is 11.6 Å². The van der Waals surface area contributed by atoms with Crippen LogP contribution in [-0.4, -0.2) is 34.7 Å². The summed E-state index contributed by atoms with van der Waals surface area (Å²) in [5, 5.41) is 3.32. The Hall–Kier alpha value is -1.65. The summed E-state index contributed by atoms with van der Waals surface area (Å²) in [5.74, 6) is 2.25. The molecule has 0 bridgehead atoms. The van der Waals surface area contributed by atoms with Crippen molar-refractivity contribution in [3.05, 3.63) is 11.6 Å². The van der Waals surface area contributed by atoms with Crippen molar-refractivity contribution in [3.8, 4) is 0 Å². The zero-order valence-corrected chi connectivity index (χ0v) is 23.9. The van der Waals surface area contributed by atoms with Gasteiger partial charge in [-0.1, -0.05) is 57.9 Å². The van der Waals surface area contributed by atoms with Gasteiger partial charge in [-0.3, -0.25) is 14.5 Å². The third-order valence-electron chi connectivity index (χ3n) is 12.6. The average molecular weight is 523 g/mol. The van der Waals surface area contributed by atoms with E-state index in [4.69, 9.17) is 0 Å². The zero-order chi connectivity index (χ0) is 26.5. The lowest BCUT2D eigenvalue weighted by atomic mass is 9.47. The van der Waals surface area contributed by atoms with E-state index in [0.29, 0.717) is 30.0 Å². The minimum atomic E-state index is -0.0960. The van der Waals surface area contributed by atoms with E-state index in [-0.39, 0.29) is 40.8 Å². The molecule has 6 aliphatic rings. The molecule has 0 unspecified atom stereocenters. The van der Waals surface area contributed by atoms with Gasteiger partial charge >= 0.3 is 6.03 Å². The number of hydrogen-bond acceptors (Lipinski definition) is 3. The molecule has 0 spiro atoms. The first-order valence-electron chi connectivity index (χ1n) is 16.2. The number of carbonyl (C=O) groups excluding carboxylic acids is 3. The summed E-state index contributed by atoms with van der Waals surface area (Å²) in [6, 6.07) is 0.200. The molecule has 210 valence electrons. The SMILES string of the molecule is C[C@]12CC[C@H]3[C@@H](CCC4=CC(=O)CC[C@@]43C)[C@@H]1CC[C@@H]2C(=O)N(C(=O)NC1CCCCC1)C1CCCCC1. The Labute approximate surface area is 229 Å². The molecule has 0 heterocycles. The molecule has 38 heavy (non-hydrogen) atoms. The molecule has 5 saturated carbocycles. The smallest absolute Gasteiger partial charge is 0.324 e. The number of urea groups is 1. The van der Waals surface area contributed by atoms with E-state index in [1.807, 2.05) is 6.08 Å². The van der Waals surface area contributed by atoms with Crippen LogP contribution >= 0.6 is 0 Å². The highest BCUT2D eigenvalue weighted by Gasteiger charge is 2.61. The monoisotopic (exact) mass is 522 g/mol. The van der Waals surface area contributed by atoms with Crippen LogP contribution in [0.5, 0.6) is 0 Å². The van der Waals surface area contributed by atoms with Crippen LogP contribution in [0, 0.1) is 34.5 Å². The fourth-order valence-electron chi connectivity index (χ4n) is 10.4. The van der Waals surface area contributed by atoms with Gasteiger partial charge in [-0.2, -0.15) is 0 Å². The highest BCUT2D eigenvalue weighted by molar-refractivity contribution is 5.96. The maximum atomic E-state index is 14.5. The van der Waals surface area contributed by atoms with Crippen molar-refractivity contribution in [1.29, 1.82) is 0 Å². The topological polar surface area (TPSA) is 66.5 Å². The van der Waals surface area contributed by atoms with Gasteiger partial charge < -0.3 is 5.32 Å². The van der Waals surface area contributed by atoms with Crippen molar-refractivity contribution in [3.63, 3.8) is 0 Å². The Morgan fingerprint density at radius 1 is 0.816 bits per heavy atom. The Balaban J connectivity index is 1.23. The molecule has 0 aromatic rings. The molecule has 0 saturated heterocycles. The van der Waals surface area contributed by atoms with Crippen molar-refractivity contribution >= 4 is 17.7 Å². The van der Waals surface area contributed by atoms with E-state index in [0.717, 1.165) is 83.5 Å². The summed E-state index contributed by atoms with van der Waals surface area (Å²) in [6.07, 6.45) is 21.3. The first-order valence-corrected chi connectivity index (χ1v) is 16.2. The number of ketones is 1. The first kappa shape index (κ1) is 26.6. The maximum absolute atomic E-state index is 14.5. The quantitative estimate of drug-likeness (QED) is 0.422. The van der Waals surface area contributed by atoms with Crippen LogP contribution in [0.2, 0.25) is 0 Å². The normalized spacial score (nSPS) is 39.9. The molecule has 0 aromatic heterocycles. The minimum Gasteiger partial charge on any atom is -0.335 e. The fraction of sp³-hybridized carbons (Fsp3) is 0.848. The highest BCUT2D eigenvalue weighted by atomic mass is 16.2. The number of carbonyl (C=O) groups is 3. The Bertz CT molecular complexity index is 977. The van der Waals surface area contributed by atoms with Gasteiger partial charge in [0.25, 0.3) is 0 Å². The molecule has 5 heteroatoms. The molecule has 0 aromatic carbocycles. The van der Waals surface area contributed by atoms with E-state index in [1.54, 1.807) is 4.90 Å². The van der Waals surface area contributed by atoms with E-state index >= 15 is 0 Å². The van der Waals surface area contributed by atoms with Gasteiger partial charge in [0, 0.05) is 24.4 Å². The Kier molecular flexibility index (Phi) is 7.27. The summed E-state index contributed by atoms with van der Waals surface area (Å²) < 4.78 is 0. The Morgan fingerprint density at radius 2 is 1.53 bits per heavy atom. The summed E-state index contributed by atoms with van der Waals surface area (Å²) in [6.45, 7) is 4.84. The second kappa shape index (κ2) is 10.4. The van der Waals surface area contributed by atoms with Crippen LogP contribution < -0.4 is 5.32 Å². The molecule has 0 radical (unpaired) electrons. The van der Waals surface area contributed by atoms with Crippen LogP contribution in [0.1, 0.15) is 129 Å². The molecule has 6 rings (SSSR count). The summed E-state index contributed by atoms with van der Waals surface area (Å²) in [7, 11) is 0. The predicted octanol–water partition coefficient (Wildman–Crippen LogP) is 7.34. The standard InChI is InChI=1S/C33H50N2O3/c1-32-19-17-25(36)21-22(32)13-14-26-27-15-16-29(33(27,2)20-18-28(26)32)30(37)35(24-11-7-4-8-12-24)31(38)34-23-9-5-3-6-10-23/h21,23-24,26-29H,3-20H2,1-2H3,(H,34,38)/t26-,27-,28-,29+,32-,33-/m0/s1. The number of hydrogen-bond donors (Lipinski definition) is 1. The van der Waals surface area contributed by atoms with Gasteiger partial charge in [0.2, 0.25) is 5.91 Å². The van der Waals surface area contributed by atoms with Crippen LogP contribution in [0.4, 0.5) is 4.79 Å². The third kappa shape index (κ3) is 4.48. The lowest BCUT2D eigenvalue weighted by Gasteiger charge is -2.58.